The standard InChI is InChI=1S/C12H21BFN2O/c1-11-5-4-6-12(2,16(11)13-8-17)10(14)9(7-11)15-3/h8-10,15H,4-7H2,1-3H3/t9-,10-,11-,12+/m0/s1. The molecule has 4 atom stereocenters. The first-order chi connectivity index (χ1) is 7.98. The molecule has 0 spiro atoms. The van der Waals surface area contributed by atoms with Gasteiger partial charge in [-0.25, -0.2) is 4.39 Å². The summed E-state index contributed by atoms with van der Waals surface area (Å²) >= 11 is 0. The molecular weight excluding hydrogens is 218 g/mol. The average Bonchev–Trinajstić information content (AvgIpc) is 2.29. The van der Waals surface area contributed by atoms with Gasteiger partial charge >= 0.3 is 0 Å². The van der Waals surface area contributed by atoms with Crippen LogP contribution in [0, 0.1) is 0 Å². The fourth-order valence-corrected chi connectivity index (χ4v) is 3.83. The molecule has 0 saturated carbocycles. The molecule has 1 radical (unpaired) electrons. The van der Waals surface area contributed by atoms with Gasteiger partial charge in [0.1, 0.15) is 6.17 Å². The molecule has 5 heteroatoms. The molecule has 17 heavy (non-hydrogen) atoms. The normalized spacial score (nSPS) is 46.6. The summed E-state index contributed by atoms with van der Waals surface area (Å²) in [7, 11) is 3.36. The first kappa shape index (κ1) is 13.0. The first-order valence-corrected chi connectivity index (χ1v) is 6.37. The molecule has 2 aliphatic rings. The molecule has 0 aliphatic carbocycles. The number of hydrogen-bond acceptors (Lipinski definition) is 3. The lowest BCUT2D eigenvalue weighted by atomic mass is 9.61. The molecule has 1 N–H and O–H groups in total. The van der Waals surface area contributed by atoms with Crippen molar-refractivity contribution in [3.63, 3.8) is 0 Å². The van der Waals surface area contributed by atoms with Crippen LogP contribution in [0.4, 0.5) is 4.39 Å². The van der Waals surface area contributed by atoms with Crippen LogP contribution in [0.3, 0.4) is 0 Å². The van der Waals surface area contributed by atoms with Crippen molar-refractivity contribution in [2.24, 2.45) is 0 Å². The van der Waals surface area contributed by atoms with Crippen LogP contribution < -0.4 is 5.32 Å². The van der Waals surface area contributed by atoms with E-state index in [9.17, 15) is 9.18 Å². The summed E-state index contributed by atoms with van der Waals surface area (Å²) in [6.07, 6.45) is 3.48. The van der Waals surface area contributed by atoms with Crippen LogP contribution in [0.15, 0.2) is 0 Å². The van der Waals surface area contributed by atoms with Crippen LogP contribution in [0.1, 0.15) is 39.5 Å². The smallest absolute Gasteiger partial charge is 0.294 e. The van der Waals surface area contributed by atoms with Gasteiger partial charge in [-0.3, -0.25) is 0 Å². The number of piperidine rings is 2. The number of fused-ring (bicyclic) bond motifs is 2. The van der Waals surface area contributed by atoms with Crippen molar-refractivity contribution in [3.05, 3.63) is 0 Å². The van der Waals surface area contributed by atoms with Gasteiger partial charge in [0.05, 0.1) is 6.19 Å². The van der Waals surface area contributed by atoms with E-state index in [-0.39, 0.29) is 11.6 Å². The molecule has 2 heterocycles. The van der Waals surface area contributed by atoms with Gasteiger partial charge < -0.3 is 14.9 Å². The van der Waals surface area contributed by atoms with Gasteiger partial charge in [0, 0.05) is 17.1 Å². The minimum Gasteiger partial charge on any atom is -0.327 e. The molecule has 2 fully saturated rings. The molecule has 2 saturated heterocycles. The van der Waals surface area contributed by atoms with Crippen LogP contribution in [0.25, 0.3) is 0 Å². The highest BCUT2D eigenvalue weighted by molar-refractivity contribution is 6.64. The SMILES string of the molecule is CN[C@H]1C[C@]2(C)CCC[C@](C)([C@H]1F)N2[B]C=O. The average molecular weight is 239 g/mol. The van der Waals surface area contributed by atoms with Gasteiger partial charge in [0.25, 0.3) is 7.41 Å². The topological polar surface area (TPSA) is 32.3 Å². The van der Waals surface area contributed by atoms with Gasteiger partial charge in [-0.1, -0.05) is 0 Å². The zero-order valence-electron chi connectivity index (χ0n) is 10.9. The number of carbonyl (C=O) groups excluding carboxylic acids is 1. The Balaban J connectivity index is 2.36. The third kappa shape index (κ3) is 1.84. The molecule has 0 aromatic rings. The minimum absolute atomic E-state index is 0.0931. The van der Waals surface area contributed by atoms with Crippen molar-refractivity contribution in [3.8, 4) is 0 Å². The molecule has 3 nitrogen and oxygen atoms in total. The molecule has 0 aromatic carbocycles. The third-order valence-corrected chi connectivity index (χ3v) is 4.72. The Morgan fingerprint density at radius 2 is 2.18 bits per heavy atom. The Morgan fingerprint density at radius 1 is 1.47 bits per heavy atom. The molecule has 2 aliphatic heterocycles. The molecule has 0 amide bonds. The summed E-state index contributed by atoms with van der Waals surface area (Å²) in [6, 6.07) is -0.110. The van der Waals surface area contributed by atoms with E-state index in [1.54, 1.807) is 0 Å². The summed E-state index contributed by atoms with van der Waals surface area (Å²) in [5, 5.41) is 3.09. The number of carbonyl (C=O) groups is 1. The van der Waals surface area contributed by atoms with E-state index in [0.29, 0.717) is 0 Å². The van der Waals surface area contributed by atoms with E-state index in [4.69, 9.17) is 0 Å². The number of nitrogens with one attached hydrogen (secondary N) is 1. The Morgan fingerprint density at radius 3 is 2.76 bits per heavy atom. The summed E-state index contributed by atoms with van der Waals surface area (Å²) in [6.45, 7) is 4.08. The highest BCUT2D eigenvalue weighted by atomic mass is 19.1. The van der Waals surface area contributed by atoms with Crippen LogP contribution in [-0.4, -0.2) is 48.7 Å². The fourth-order valence-electron chi connectivity index (χ4n) is 3.83. The van der Waals surface area contributed by atoms with Crippen LogP contribution in [-0.2, 0) is 4.79 Å². The molecular formula is C12H21BFN2O. The van der Waals surface area contributed by atoms with Crippen molar-refractivity contribution in [2.45, 2.75) is 62.8 Å². The number of rotatable bonds is 3. The van der Waals surface area contributed by atoms with Crippen molar-refractivity contribution in [1.29, 1.82) is 0 Å². The fraction of sp³-hybridized carbons (Fsp3) is 0.917. The van der Waals surface area contributed by atoms with Crippen LogP contribution in [0.2, 0.25) is 0 Å². The maximum Gasteiger partial charge on any atom is 0.294 e. The molecule has 0 unspecified atom stereocenters. The number of halogens is 1. The molecule has 0 aromatic heterocycles. The number of hydrogen-bond donors (Lipinski definition) is 1. The van der Waals surface area contributed by atoms with Crippen molar-refractivity contribution in [1.82, 2.24) is 10.1 Å². The summed E-state index contributed by atoms with van der Waals surface area (Å²) in [5.41, 5.74) is -0.635. The highest BCUT2D eigenvalue weighted by Crippen LogP contribution is 2.48. The molecule has 2 rings (SSSR count). The number of alkyl halides is 1. The molecule has 2 bridgehead atoms. The lowest BCUT2D eigenvalue weighted by Gasteiger charge is -2.62. The number of nitrogens with zero attached hydrogens (tertiary/aromatic N) is 1. The van der Waals surface area contributed by atoms with Crippen molar-refractivity contribution < 1.29 is 9.18 Å². The van der Waals surface area contributed by atoms with Gasteiger partial charge in [-0.15, -0.1) is 0 Å². The van der Waals surface area contributed by atoms with E-state index in [1.165, 1.54) is 7.41 Å². The zero-order chi connectivity index (χ0) is 12.7. The van der Waals surface area contributed by atoms with E-state index in [1.807, 2.05) is 18.8 Å². The van der Waals surface area contributed by atoms with E-state index < -0.39 is 11.7 Å². The Labute approximate surface area is 103 Å². The summed E-state index contributed by atoms with van der Waals surface area (Å²) in [5.74, 6) is 0. The maximum atomic E-state index is 14.6. The van der Waals surface area contributed by atoms with Crippen LogP contribution in [0.5, 0.6) is 0 Å². The second-order valence-electron chi connectivity index (χ2n) is 5.86. The van der Waals surface area contributed by atoms with Gasteiger partial charge in [0.2, 0.25) is 0 Å². The van der Waals surface area contributed by atoms with Crippen molar-refractivity contribution in [2.75, 3.05) is 7.05 Å². The summed E-state index contributed by atoms with van der Waals surface area (Å²) in [4.78, 5) is 12.8. The van der Waals surface area contributed by atoms with Crippen molar-refractivity contribution >= 4 is 13.6 Å². The highest BCUT2D eigenvalue weighted by Gasteiger charge is 2.57. The Bertz CT molecular complexity index is 317. The van der Waals surface area contributed by atoms with E-state index in [0.717, 1.165) is 31.9 Å². The van der Waals surface area contributed by atoms with Gasteiger partial charge in [-0.2, -0.15) is 0 Å². The third-order valence-electron chi connectivity index (χ3n) is 4.72. The second-order valence-corrected chi connectivity index (χ2v) is 5.86. The first-order valence-electron chi connectivity index (χ1n) is 6.37. The predicted molar refractivity (Wildman–Crippen MR) is 67.4 cm³/mol. The second kappa shape index (κ2) is 4.36. The van der Waals surface area contributed by atoms with Gasteiger partial charge in [0.15, 0.2) is 0 Å². The molecule has 95 valence electrons. The largest absolute Gasteiger partial charge is 0.327 e. The zero-order valence-corrected chi connectivity index (χ0v) is 10.9. The predicted octanol–water partition coefficient (Wildman–Crippen LogP) is 1.13. The quantitative estimate of drug-likeness (QED) is 0.591. The minimum atomic E-state index is -0.933. The van der Waals surface area contributed by atoms with Gasteiger partial charge in [-0.05, 0) is 46.6 Å². The summed E-state index contributed by atoms with van der Waals surface area (Å²) < 4.78 is 14.6. The maximum absolute atomic E-state index is 14.6. The lowest BCUT2D eigenvalue weighted by molar-refractivity contribution is -0.0844. The monoisotopic (exact) mass is 239 g/mol. The lowest BCUT2D eigenvalue weighted by Crippen LogP contribution is -2.74. The van der Waals surface area contributed by atoms with Crippen LogP contribution >= 0.6 is 0 Å². The van der Waals surface area contributed by atoms with E-state index >= 15 is 0 Å². The Hall–Kier alpha value is -0.415. The Kier molecular flexibility index (Phi) is 3.34. The van der Waals surface area contributed by atoms with E-state index in [2.05, 4.69) is 12.2 Å².